The predicted octanol–water partition coefficient (Wildman–Crippen LogP) is 6.14. The van der Waals surface area contributed by atoms with Crippen LogP contribution in [0.5, 0.6) is 5.75 Å². The van der Waals surface area contributed by atoms with Gasteiger partial charge in [0.15, 0.2) is 5.71 Å². The Labute approximate surface area is 408 Å². The van der Waals surface area contributed by atoms with Gasteiger partial charge in [-0.1, -0.05) is 80.9 Å². The van der Waals surface area contributed by atoms with Crippen LogP contribution in [0.15, 0.2) is 96.7 Å². The molecule has 376 valence electrons. The smallest absolute Gasteiger partial charge is 0.430 e. The number of allylic oxidation sites excluding steroid dienone is 4. The van der Waals surface area contributed by atoms with Gasteiger partial charge in [-0.25, -0.2) is 4.79 Å². The van der Waals surface area contributed by atoms with Crippen molar-refractivity contribution < 1.29 is 56.2 Å². The van der Waals surface area contributed by atoms with Crippen LogP contribution in [-0.2, 0) is 41.3 Å². The van der Waals surface area contributed by atoms with Crippen LogP contribution in [0.25, 0.3) is 0 Å². The van der Waals surface area contributed by atoms with Crippen molar-refractivity contribution >= 4 is 40.9 Å². The Morgan fingerprint density at radius 1 is 0.929 bits per heavy atom. The van der Waals surface area contributed by atoms with E-state index in [-0.39, 0.29) is 53.3 Å². The average Bonchev–Trinajstić information content (AvgIpc) is 3.65. The molecular formula is C53H65F3N6O8. The van der Waals surface area contributed by atoms with Gasteiger partial charge in [0.1, 0.15) is 32.0 Å². The average molecular weight is 971 g/mol. The van der Waals surface area contributed by atoms with Gasteiger partial charge in [-0.2, -0.15) is 17.7 Å². The van der Waals surface area contributed by atoms with Gasteiger partial charge < -0.3 is 49.4 Å². The molecule has 5 heterocycles. The van der Waals surface area contributed by atoms with E-state index >= 15 is 0 Å². The summed E-state index contributed by atoms with van der Waals surface area (Å²) in [6.07, 6.45) is 5.58. The summed E-state index contributed by atoms with van der Waals surface area (Å²) in [4.78, 5) is 52.6. The largest absolute Gasteiger partial charge is 0.542 e. The number of benzene rings is 3. The van der Waals surface area contributed by atoms with E-state index in [1.165, 1.54) is 33.9 Å². The van der Waals surface area contributed by atoms with Crippen molar-refractivity contribution in [3.05, 3.63) is 113 Å². The topological polar surface area (TPSA) is 156 Å². The van der Waals surface area contributed by atoms with Crippen molar-refractivity contribution in [3.63, 3.8) is 0 Å². The van der Waals surface area contributed by atoms with Crippen molar-refractivity contribution in [2.24, 2.45) is 5.92 Å². The molecule has 3 fully saturated rings. The number of ether oxygens (including phenoxy) is 3. The molecule has 3 aromatic rings. The van der Waals surface area contributed by atoms with E-state index in [1.54, 1.807) is 0 Å². The second-order valence-electron chi connectivity index (χ2n) is 19.5. The fourth-order valence-corrected chi connectivity index (χ4v) is 10.1. The normalized spacial score (nSPS) is 20.8. The summed E-state index contributed by atoms with van der Waals surface area (Å²) in [5, 5.41) is 14.8. The molecule has 0 aromatic heterocycles. The molecule has 8 rings (SSSR count). The lowest BCUT2D eigenvalue weighted by Gasteiger charge is -2.46. The molecule has 0 saturated carbocycles. The first-order chi connectivity index (χ1) is 33.4. The number of carboxylic acid groups (broad SMARTS) is 1. The number of morpholine rings is 1. The second kappa shape index (κ2) is 22.3. The van der Waals surface area contributed by atoms with Crippen LogP contribution in [0.3, 0.4) is 0 Å². The van der Waals surface area contributed by atoms with Crippen LogP contribution in [-0.4, -0.2) is 128 Å². The molecule has 0 bridgehead atoms. The van der Waals surface area contributed by atoms with Gasteiger partial charge in [-0.3, -0.25) is 9.59 Å². The molecule has 2 N–H and O–H groups in total. The molecule has 14 nitrogen and oxygen atoms in total. The number of anilines is 1. The summed E-state index contributed by atoms with van der Waals surface area (Å²) in [7, 11) is 2.16. The SMILES string of the molecule is C[N+]1=C(C=CC=C2N(CCCCCC(=O)NCCOc3ccccc3COCC3CN(C(=O)N4CC[C@@H]5OCC(=O)N[C@@H]5C4)C3)c3ccccc3C2(C)C)C(C)(C)c2ccccc21.O=C([O-])C(F)(F)F. The summed E-state index contributed by atoms with van der Waals surface area (Å²) >= 11 is 0. The Kier molecular flexibility index (Phi) is 16.4. The molecule has 0 radical (unpaired) electrons. The van der Waals surface area contributed by atoms with Gasteiger partial charge in [0.2, 0.25) is 17.5 Å². The minimum absolute atomic E-state index is 0.0120. The summed E-state index contributed by atoms with van der Waals surface area (Å²) in [5.74, 6) is -2.07. The Morgan fingerprint density at radius 2 is 1.63 bits per heavy atom. The van der Waals surface area contributed by atoms with Gasteiger partial charge in [0, 0.05) is 85.1 Å². The molecule has 3 saturated heterocycles. The highest BCUT2D eigenvalue weighted by atomic mass is 19.4. The maximum absolute atomic E-state index is 13.1. The zero-order valence-electron chi connectivity index (χ0n) is 40.7. The highest BCUT2D eigenvalue weighted by molar-refractivity contribution is 6.03. The molecule has 4 amide bonds. The lowest BCUT2D eigenvalue weighted by molar-refractivity contribution is -0.401. The lowest BCUT2D eigenvalue weighted by atomic mass is 9.81. The fraction of sp³-hybridized carbons (Fsp3) is 0.491. The Balaban J connectivity index is 0.000000959. The molecule has 0 aliphatic carbocycles. The summed E-state index contributed by atoms with van der Waals surface area (Å²) in [6, 6.07) is 25.1. The predicted molar refractivity (Wildman–Crippen MR) is 257 cm³/mol. The molecule has 0 spiro atoms. The standard InChI is InChI=1S/C51H64N6O6.C2HF3O2/c1-50(2)38-17-9-11-19-41(38)54(5)45(50)22-15-23-46-51(3,4)39-18-10-12-20-42(39)57(46)27-14-6-7-24-47(58)52-26-29-62-43-21-13-8-16-37(43)34-61-33-36-30-56(31-36)49(60)55-28-25-44-40(32-55)53-48(59)35-63-44;3-2(4,5)1(6)7/h8-13,15-23,36,40,44H,6-7,14,24-35H2,1-5H3,(H-,52,53,58,59);(H,6,7)/t40-,44+;/m1./s1. The number of carbonyl (C=O) groups excluding carboxylic acids is 4. The number of unbranched alkanes of at least 4 members (excludes halogenated alkanes) is 2. The van der Waals surface area contributed by atoms with Crippen molar-refractivity contribution in [2.45, 2.75) is 95.6 Å². The third kappa shape index (κ3) is 12.0. The molecule has 2 atom stereocenters. The molecule has 5 aliphatic heterocycles. The van der Waals surface area contributed by atoms with Crippen LogP contribution in [0.1, 0.15) is 76.5 Å². The quantitative estimate of drug-likeness (QED) is 0.127. The number of para-hydroxylation sites is 3. The molecule has 0 unspecified atom stereocenters. The van der Waals surface area contributed by atoms with E-state index in [9.17, 15) is 27.6 Å². The van der Waals surface area contributed by atoms with Crippen LogP contribution in [0.2, 0.25) is 0 Å². The van der Waals surface area contributed by atoms with Crippen molar-refractivity contribution in [3.8, 4) is 5.75 Å². The second-order valence-corrected chi connectivity index (χ2v) is 19.5. The molecule has 17 heteroatoms. The number of rotatable bonds is 16. The molecular weight excluding hydrogens is 906 g/mol. The number of nitrogens with zero attached hydrogens (tertiary/aromatic N) is 4. The Bertz CT molecular complexity index is 2480. The number of likely N-dealkylation sites (tertiary alicyclic amines) is 2. The molecule has 70 heavy (non-hydrogen) atoms. The van der Waals surface area contributed by atoms with Gasteiger partial charge in [0.05, 0.1) is 37.3 Å². The number of hydrogen-bond donors (Lipinski definition) is 2. The maximum Gasteiger partial charge on any atom is 0.430 e. The van der Waals surface area contributed by atoms with E-state index < -0.39 is 12.1 Å². The number of carbonyl (C=O) groups is 4. The molecule has 5 aliphatic rings. The maximum atomic E-state index is 13.1. The van der Waals surface area contributed by atoms with Crippen LogP contribution < -0.4 is 25.4 Å². The number of piperidine rings is 1. The number of amides is 4. The molecule has 3 aromatic carbocycles. The van der Waals surface area contributed by atoms with Gasteiger partial charge in [-0.05, 0) is 56.9 Å². The first-order valence-corrected chi connectivity index (χ1v) is 24.1. The van der Waals surface area contributed by atoms with E-state index in [1.807, 2.05) is 34.1 Å². The van der Waals surface area contributed by atoms with Crippen LogP contribution in [0, 0.1) is 5.92 Å². The van der Waals surface area contributed by atoms with Crippen LogP contribution >= 0.6 is 0 Å². The summed E-state index contributed by atoms with van der Waals surface area (Å²) < 4.78 is 51.6. The minimum atomic E-state index is -5.19. The van der Waals surface area contributed by atoms with Gasteiger partial charge >= 0.3 is 12.2 Å². The third-order valence-electron chi connectivity index (χ3n) is 13.9. The number of urea groups is 1. The number of aliphatic carboxylic acids is 1. The minimum Gasteiger partial charge on any atom is -0.542 e. The Hall–Kier alpha value is -6.20. The first kappa shape index (κ1) is 51.6. The number of carboxylic acids is 1. The van der Waals surface area contributed by atoms with Crippen molar-refractivity contribution in [2.75, 3.05) is 71.0 Å². The van der Waals surface area contributed by atoms with E-state index in [2.05, 4.69) is 122 Å². The van der Waals surface area contributed by atoms with Gasteiger partial charge in [0.25, 0.3) is 0 Å². The van der Waals surface area contributed by atoms with Crippen LogP contribution in [0.4, 0.5) is 29.3 Å². The monoisotopic (exact) mass is 970 g/mol. The van der Waals surface area contributed by atoms with Crippen molar-refractivity contribution in [1.82, 2.24) is 20.4 Å². The van der Waals surface area contributed by atoms with E-state index in [0.29, 0.717) is 59.0 Å². The fourth-order valence-electron chi connectivity index (χ4n) is 10.1. The number of nitrogens with one attached hydrogen (secondary N) is 2. The number of fused-ring (bicyclic) bond motifs is 3. The Morgan fingerprint density at radius 3 is 2.37 bits per heavy atom. The van der Waals surface area contributed by atoms with Crippen molar-refractivity contribution in [1.29, 1.82) is 0 Å². The van der Waals surface area contributed by atoms with E-state index in [4.69, 9.17) is 24.1 Å². The number of halogens is 3. The summed E-state index contributed by atoms with van der Waals surface area (Å²) in [6.45, 7) is 14.4. The first-order valence-electron chi connectivity index (χ1n) is 24.1. The van der Waals surface area contributed by atoms with Gasteiger partial charge in [-0.15, -0.1) is 0 Å². The zero-order chi connectivity index (χ0) is 50.2. The third-order valence-corrected chi connectivity index (χ3v) is 13.9. The highest BCUT2D eigenvalue weighted by Gasteiger charge is 2.44. The summed E-state index contributed by atoms with van der Waals surface area (Å²) in [5.41, 5.74) is 8.56. The number of hydrogen-bond acceptors (Lipinski definition) is 9. The highest BCUT2D eigenvalue weighted by Crippen LogP contribution is 2.48. The zero-order valence-corrected chi connectivity index (χ0v) is 40.7. The number of alkyl halides is 3. The van der Waals surface area contributed by atoms with E-state index in [0.717, 1.165) is 43.5 Å². The lowest BCUT2D eigenvalue weighted by Crippen LogP contribution is -2.64.